The van der Waals surface area contributed by atoms with Gasteiger partial charge in [-0.15, -0.1) is 0 Å². The zero-order valence-corrected chi connectivity index (χ0v) is 9.17. The zero-order chi connectivity index (χ0) is 11.5. The van der Waals surface area contributed by atoms with Gasteiger partial charge in [0.1, 0.15) is 0 Å². The molecule has 0 aliphatic rings. The molecule has 2 heterocycles. The van der Waals surface area contributed by atoms with Crippen molar-refractivity contribution in [3.63, 3.8) is 0 Å². The highest BCUT2D eigenvalue weighted by Crippen LogP contribution is 2.19. The maximum absolute atomic E-state index is 4.39. The predicted octanol–water partition coefficient (Wildman–Crippen LogP) is 3.37. The summed E-state index contributed by atoms with van der Waals surface area (Å²) in [6.45, 7) is 0. The van der Waals surface area contributed by atoms with Crippen molar-refractivity contribution in [2.24, 2.45) is 0 Å². The van der Waals surface area contributed by atoms with E-state index in [1.807, 2.05) is 36.5 Å². The van der Waals surface area contributed by atoms with Crippen molar-refractivity contribution >= 4 is 22.3 Å². The second kappa shape index (κ2) is 4.22. The number of fused-ring (bicyclic) bond motifs is 1. The number of pyridine rings is 2. The van der Waals surface area contributed by atoms with Gasteiger partial charge in [0.25, 0.3) is 0 Å². The number of hydrogen-bond donors (Lipinski definition) is 1. The summed E-state index contributed by atoms with van der Waals surface area (Å²) in [6.07, 6.45) is 5.37. The van der Waals surface area contributed by atoms with Gasteiger partial charge in [-0.25, -0.2) is 0 Å². The molecule has 3 rings (SSSR count). The molecule has 17 heavy (non-hydrogen) atoms. The summed E-state index contributed by atoms with van der Waals surface area (Å²) in [5, 5.41) is 4.40. The first-order valence-corrected chi connectivity index (χ1v) is 5.44. The van der Waals surface area contributed by atoms with Gasteiger partial charge in [-0.1, -0.05) is 18.2 Å². The van der Waals surface area contributed by atoms with Crippen molar-refractivity contribution in [3.05, 3.63) is 61.1 Å². The Morgan fingerprint density at radius 2 is 1.82 bits per heavy atom. The van der Waals surface area contributed by atoms with Crippen LogP contribution in [0.4, 0.5) is 11.4 Å². The molecule has 1 N–H and O–H groups in total. The van der Waals surface area contributed by atoms with Crippen molar-refractivity contribution in [1.82, 2.24) is 9.97 Å². The monoisotopic (exact) mass is 221 g/mol. The van der Waals surface area contributed by atoms with E-state index in [0.29, 0.717) is 0 Å². The quantitative estimate of drug-likeness (QED) is 0.721. The van der Waals surface area contributed by atoms with Crippen molar-refractivity contribution in [1.29, 1.82) is 0 Å². The minimum Gasteiger partial charge on any atom is -0.353 e. The number of hydrogen-bond acceptors (Lipinski definition) is 3. The normalized spacial score (nSPS) is 10.4. The van der Waals surface area contributed by atoms with Gasteiger partial charge in [0, 0.05) is 11.6 Å². The zero-order valence-electron chi connectivity index (χ0n) is 9.17. The number of rotatable bonds is 2. The van der Waals surface area contributed by atoms with E-state index in [-0.39, 0.29) is 0 Å². The van der Waals surface area contributed by atoms with E-state index in [0.717, 1.165) is 22.3 Å². The molecule has 0 amide bonds. The van der Waals surface area contributed by atoms with Crippen LogP contribution in [0, 0.1) is 0 Å². The average Bonchev–Trinajstić information content (AvgIpc) is 2.40. The van der Waals surface area contributed by atoms with Gasteiger partial charge in [-0.3, -0.25) is 9.97 Å². The van der Waals surface area contributed by atoms with E-state index in [1.165, 1.54) is 0 Å². The molecule has 0 saturated heterocycles. The molecule has 3 nitrogen and oxygen atoms in total. The summed E-state index contributed by atoms with van der Waals surface area (Å²) < 4.78 is 0. The van der Waals surface area contributed by atoms with E-state index >= 15 is 0 Å². The second-order valence-electron chi connectivity index (χ2n) is 3.78. The predicted molar refractivity (Wildman–Crippen MR) is 69.3 cm³/mol. The molecule has 0 aliphatic carbocycles. The fraction of sp³-hybridized carbons (Fsp3) is 0. The molecule has 0 bridgehead atoms. The number of aromatic nitrogens is 2. The summed E-state index contributed by atoms with van der Waals surface area (Å²) in [4.78, 5) is 8.45. The third-order valence-electron chi connectivity index (χ3n) is 2.54. The van der Waals surface area contributed by atoms with Crippen molar-refractivity contribution in [2.75, 3.05) is 5.32 Å². The van der Waals surface area contributed by atoms with E-state index in [9.17, 15) is 0 Å². The van der Waals surface area contributed by atoms with E-state index < -0.39 is 0 Å². The van der Waals surface area contributed by atoms with E-state index in [4.69, 9.17) is 0 Å². The third kappa shape index (κ3) is 2.08. The van der Waals surface area contributed by atoms with Gasteiger partial charge >= 0.3 is 0 Å². The van der Waals surface area contributed by atoms with Crippen LogP contribution in [0.15, 0.2) is 61.1 Å². The number of nitrogens with zero attached hydrogens (tertiary/aromatic N) is 2. The maximum atomic E-state index is 4.39. The fourth-order valence-corrected chi connectivity index (χ4v) is 1.74. The highest BCUT2D eigenvalue weighted by molar-refractivity contribution is 5.82. The molecule has 0 unspecified atom stereocenters. The number of nitrogens with one attached hydrogen (secondary N) is 1. The maximum Gasteiger partial charge on any atom is 0.0703 e. The SMILES string of the molecule is c1cncc(Nc2cnc3ccccc3c2)c1. The lowest BCUT2D eigenvalue weighted by atomic mass is 10.2. The standard InChI is InChI=1S/C14H11N3/c1-2-6-14-11(4-1)8-13(10-16-14)17-12-5-3-7-15-9-12/h1-10,17H. The summed E-state index contributed by atoms with van der Waals surface area (Å²) in [6, 6.07) is 14.0. The van der Waals surface area contributed by atoms with Gasteiger partial charge in [0.15, 0.2) is 0 Å². The van der Waals surface area contributed by atoms with E-state index in [1.54, 1.807) is 12.4 Å². The van der Waals surface area contributed by atoms with Crippen molar-refractivity contribution < 1.29 is 0 Å². The van der Waals surface area contributed by atoms with Gasteiger partial charge in [-0.05, 0) is 24.3 Å². The summed E-state index contributed by atoms with van der Waals surface area (Å²) in [7, 11) is 0. The Hall–Kier alpha value is -2.42. The largest absolute Gasteiger partial charge is 0.353 e. The van der Waals surface area contributed by atoms with Crippen LogP contribution in [0.25, 0.3) is 10.9 Å². The molecular formula is C14H11N3. The third-order valence-corrected chi connectivity index (χ3v) is 2.54. The van der Waals surface area contributed by atoms with Crippen LogP contribution < -0.4 is 5.32 Å². The second-order valence-corrected chi connectivity index (χ2v) is 3.78. The molecular weight excluding hydrogens is 210 g/mol. The Labute approximate surface area is 99.2 Å². The molecule has 0 saturated carbocycles. The number of para-hydroxylation sites is 1. The van der Waals surface area contributed by atoms with Gasteiger partial charge in [0.05, 0.1) is 29.3 Å². The molecule has 1 aromatic carbocycles. The Morgan fingerprint density at radius 3 is 2.71 bits per heavy atom. The van der Waals surface area contributed by atoms with Crippen molar-refractivity contribution in [2.45, 2.75) is 0 Å². The lowest BCUT2D eigenvalue weighted by Crippen LogP contribution is -1.91. The average molecular weight is 221 g/mol. The minimum absolute atomic E-state index is 0.963. The first-order valence-electron chi connectivity index (χ1n) is 5.44. The number of anilines is 2. The van der Waals surface area contributed by atoms with Gasteiger partial charge in [0.2, 0.25) is 0 Å². The first kappa shape index (κ1) is 9.78. The van der Waals surface area contributed by atoms with E-state index in [2.05, 4.69) is 27.4 Å². The molecule has 3 aromatic rings. The Kier molecular flexibility index (Phi) is 2.43. The lowest BCUT2D eigenvalue weighted by molar-refractivity contribution is 1.31. The Morgan fingerprint density at radius 1 is 0.882 bits per heavy atom. The van der Waals surface area contributed by atoms with Gasteiger partial charge < -0.3 is 5.32 Å². The van der Waals surface area contributed by atoms with Crippen LogP contribution >= 0.6 is 0 Å². The molecule has 3 heteroatoms. The van der Waals surface area contributed by atoms with Gasteiger partial charge in [-0.2, -0.15) is 0 Å². The molecule has 0 spiro atoms. The minimum atomic E-state index is 0.963. The molecule has 0 aliphatic heterocycles. The molecule has 0 radical (unpaired) electrons. The number of benzene rings is 1. The van der Waals surface area contributed by atoms with Crippen LogP contribution in [0.2, 0.25) is 0 Å². The van der Waals surface area contributed by atoms with Crippen LogP contribution in [0.1, 0.15) is 0 Å². The van der Waals surface area contributed by atoms with Crippen LogP contribution in [0.5, 0.6) is 0 Å². The van der Waals surface area contributed by atoms with Crippen LogP contribution in [-0.4, -0.2) is 9.97 Å². The molecule has 82 valence electrons. The highest BCUT2D eigenvalue weighted by atomic mass is 14.9. The van der Waals surface area contributed by atoms with Crippen LogP contribution in [0.3, 0.4) is 0 Å². The Bertz CT molecular complexity index is 635. The summed E-state index contributed by atoms with van der Waals surface area (Å²) >= 11 is 0. The molecule has 2 aromatic heterocycles. The molecule has 0 fully saturated rings. The Balaban J connectivity index is 1.96. The fourth-order valence-electron chi connectivity index (χ4n) is 1.74. The lowest BCUT2D eigenvalue weighted by Gasteiger charge is -2.06. The topological polar surface area (TPSA) is 37.8 Å². The summed E-state index contributed by atoms with van der Waals surface area (Å²) in [5.41, 5.74) is 2.94. The highest BCUT2D eigenvalue weighted by Gasteiger charge is 1.97. The van der Waals surface area contributed by atoms with Crippen LogP contribution in [-0.2, 0) is 0 Å². The van der Waals surface area contributed by atoms with Crippen molar-refractivity contribution in [3.8, 4) is 0 Å². The summed E-state index contributed by atoms with van der Waals surface area (Å²) in [5.74, 6) is 0. The first-order chi connectivity index (χ1) is 8.42. The molecule has 0 atom stereocenters. The smallest absolute Gasteiger partial charge is 0.0703 e.